The maximum Gasteiger partial charge on any atom is 0.0818 e. The molecule has 1 nitrogen and oxygen atoms in total. The minimum atomic E-state index is -0.278. The molecule has 1 fully saturated rings. The summed E-state index contributed by atoms with van der Waals surface area (Å²) in [5, 5.41) is 10.5. The van der Waals surface area contributed by atoms with Crippen LogP contribution < -0.4 is 0 Å². The van der Waals surface area contributed by atoms with Crippen LogP contribution in [0.25, 0.3) is 0 Å². The molecule has 17 heavy (non-hydrogen) atoms. The zero-order chi connectivity index (χ0) is 12.4. The molecule has 3 unspecified atom stereocenters. The summed E-state index contributed by atoms with van der Waals surface area (Å²) in [4.78, 5) is 0. The lowest BCUT2D eigenvalue weighted by Gasteiger charge is -2.34. The van der Waals surface area contributed by atoms with Gasteiger partial charge in [0.2, 0.25) is 0 Å². The maximum absolute atomic E-state index is 10.5. The predicted molar refractivity (Wildman–Crippen MR) is 71.8 cm³/mol. The van der Waals surface area contributed by atoms with Crippen molar-refractivity contribution in [3.8, 4) is 0 Å². The lowest BCUT2D eigenvalue weighted by molar-refractivity contribution is 0.0551. The van der Waals surface area contributed by atoms with Crippen molar-refractivity contribution >= 4 is 0 Å². The van der Waals surface area contributed by atoms with Gasteiger partial charge >= 0.3 is 0 Å². The molecule has 1 aliphatic carbocycles. The number of benzene rings is 1. The second kappa shape index (κ2) is 5.22. The van der Waals surface area contributed by atoms with E-state index < -0.39 is 0 Å². The Labute approximate surface area is 105 Å². The van der Waals surface area contributed by atoms with Crippen LogP contribution in [0.2, 0.25) is 0 Å². The molecule has 1 aromatic rings. The van der Waals surface area contributed by atoms with Crippen LogP contribution in [-0.2, 0) is 0 Å². The second-order valence-electron chi connectivity index (χ2n) is 6.04. The minimum absolute atomic E-state index is 0.278. The molecule has 1 heteroatoms. The van der Waals surface area contributed by atoms with E-state index >= 15 is 0 Å². The van der Waals surface area contributed by atoms with Gasteiger partial charge in [-0.2, -0.15) is 0 Å². The highest BCUT2D eigenvalue weighted by molar-refractivity contribution is 5.24. The van der Waals surface area contributed by atoms with Crippen molar-refractivity contribution in [3.63, 3.8) is 0 Å². The summed E-state index contributed by atoms with van der Waals surface area (Å²) < 4.78 is 0. The quantitative estimate of drug-likeness (QED) is 0.814. The van der Waals surface area contributed by atoms with Crippen molar-refractivity contribution in [2.45, 2.75) is 46.1 Å². The fourth-order valence-corrected chi connectivity index (χ4v) is 3.39. The van der Waals surface area contributed by atoms with Gasteiger partial charge in [-0.3, -0.25) is 0 Å². The van der Waals surface area contributed by atoms with Crippen LogP contribution in [-0.4, -0.2) is 5.11 Å². The van der Waals surface area contributed by atoms with Gasteiger partial charge < -0.3 is 5.11 Å². The van der Waals surface area contributed by atoms with E-state index in [1.165, 1.54) is 24.8 Å². The molecule has 2 rings (SSSR count). The molecule has 1 aromatic carbocycles. The molecule has 0 aromatic heterocycles. The van der Waals surface area contributed by atoms with E-state index in [1.54, 1.807) is 0 Å². The molecule has 0 aliphatic heterocycles. The van der Waals surface area contributed by atoms with Gasteiger partial charge in [0.25, 0.3) is 0 Å². The van der Waals surface area contributed by atoms with Gasteiger partial charge in [0.15, 0.2) is 0 Å². The monoisotopic (exact) mass is 232 g/mol. The number of aryl methyl sites for hydroxylation is 1. The topological polar surface area (TPSA) is 20.2 Å². The van der Waals surface area contributed by atoms with Crippen molar-refractivity contribution < 1.29 is 5.11 Å². The molecule has 1 saturated carbocycles. The summed E-state index contributed by atoms with van der Waals surface area (Å²) >= 11 is 0. The number of aliphatic hydroxyl groups is 1. The van der Waals surface area contributed by atoms with Crippen LogP contribution in [0.3, 0.4) is 0 Å². The second-order valence-corrected chi connectivity index (χ2v) is 6.04. The molecule has 0 spiro atoms. The largest absolute Gasteiger partial charge is 0.388 e. The van der Waals surface area contributed by atoms with Crippen LogP contribution in [0.4, 0.5) is 0 Å². The lowest BCUT2D eigenvalue weighted by Crippen LogP contribution is -2.24. The van der Waals surface area contributed by atoms with E-state index in [2.05, 4.69) is 39.0 Å². The van der Waals surface area contributed by atoms with Crippen molar-refractivity contribution in [1.29, 1.82) is 0 Å². The van der Waals surface area contributed by atoms with E-state index in [1.807, 2.05) is 6.07 Å². The lowest BCUT2D eigenvalue weighted by atomic mass is 9.73. The molecule has 0 saturated heterocycles. The van der Waals surface area contributed by atoms with Gasteiger partial charge in [0, 0.05) is 0 Å². The average Bonchev–Trinajstić information content (AvgIpc) is 2.26. The summed E-state index contributed by atoms with van der Waals surface area (Å²) in [6.45, 7) is 6.71. The molecule has 0 bridgehead atoms. The molecular weight excluding hydrogens is 208 g/mol. The highest BCUT2D eigenvalue weighted by Gasteiger charge is 2.29. The zero-order valence-electron chi connectivity index (χ0n) is 11.2. The fourth-order valence-electron chi connectivity index (χ4n) is 3.39. The van der Waals surface area contributed by atoms with Crippen molar-refractivity contribution in [2.24, 2.45) is 17.8 Å². The number of rotatable bonds is 2. The third-order valence-corrected chi connectivity index (χ3v) is 4.05. The van der Waals surface area contributed by atoms with Gasteiger partial charge in [-0.1, -0.05) is 43.7 Å². The Morgan fingerprint density at radius 3 is 2.35 bits per heavy atom. The van der Waals surface area contributed by atoms with Crippen molar-refractivity contribution in [3.05, 3.63) is 35.4 Å². The maximum atomic E-state index is 10.5. The molecule has 1 N–H and O–H groups in total. The molecule has 0 heterocycles. The molecular formula is C16H24O. The molecule has 0 radical (unpaired) electrons. The van der Waals surface area contributed by atoms with Gasteiger partial charge in [0.05, 0.1) is 6.10 Å². The van der Waals surface area contributed by atoms with E-state index in [0.29, 0.717) is 5.92 Å². The Balaban J connectivity index is 2.11. The predicted octanol–water partition coefficient (Wildman–Crippen LogP) is 4.10. The van der Waals surface area contributed by atoms with E-state index in [-0.39, 0.29) is 6.10 Å². The first kappa shape index (κ1) is 12.6. The van der Waals surface area contributed by atoms with E-state index in [4.69, 9.17) is 0 Å². The molecule has 1 aliphatic rings. The summed E-state index contributed by atoms with van der Waals surface area (Å²) in [6.07, 6.45) is 3.37. The first-order valence-electron chi connectivity index (χ1n) is 6.81. The molecule has 3 atom stereocenters. The van der Waals surface area contributed by atoms with Gasteiger partial charge in [-0.25, -0.2) is 0 Å². The van der Waals surface area contributed by atoms with Crippen LogP contribution >= 0.6 is 0 Å². The Morgan fingerprint density at radius 2 is 1.76 bits per heavy atom. The SMILES string of the molecule is Cc1cccc(C(O)C2CC(C)CC(C)C2)c1. The van der Waals surface area contributed by atoms with Crippen LogP contribution in [0.5, 0.6) is 0 Å². The third kappa shape index (κ3) is 3.10. The van der Waals surface area contributed by atoms with Crippen LogP contribution in [0, 0.1) is 24.7 Å². The van der Waals surface area contributed by atoms with Crippen molar-refractivity contribution in [1.82, 2.24) is 0 Å². The Bertz CT molecular complexity index is 362. The Hall–Kier alpha value is -0.820. The minimum Gasteiger partial charge on any atom is -0.388 e. The van der Waals surface area contributed by atoms with Gasteiger partial charge in [-0.05, 0) is 49.5 Å². The standard InChI is InChI=1S/C16H24O/c1-11-5-4-6-14(8-11)16(17)15-9-12(2)7-13(3)10-15/h4-6,8,12-13,15-17H,7,9-10H2,1-3H3. The third-order valence-electron chi connectivity index (χ3n) is 4.05. The first-order valence-corrected chi connectivity index (χ1v) is 6.81. The molecule has 94 valence electrons. The zero-order valence-corrected chi connectivity index (χ0v) is 11.2. The summed E-state index contributed by atoms with van der Waals surface area (Å²) in [5.41, 5.74) is 2.33. The number of aliphatic hydroxyl groups excluding tert-OH is 1. The van der Waals surface area contributed by atoms with E-state index in [9.17, 15) is 5.11 Å². The van der Waals surface area contributed by atoms with Gasteiger partial charge in [-0.15, -0.1) is 0 Å². The number of hydrogen-bond donors (Lipinski definition) is 1. The Kier molecular flexibility index (Phi) is 3.88. The summed E-state index contributed by atoms with van der Waals surface area (Å²) in [5.74, 6) is 1.95. The summed E-state index contributed by atoms with van der Waals surface area (Å²) in [7, 11) is 0. The molecule has 0 amide bonds. The fraction of sp³-hybridized carbons (Fsp3) is 0.625. The normalized spacial score (nSPS) is 31.2. The average molecular weight is 232 g/mol. The Morgan fingerprint density at radius 1 is 1.12 bits per heavy atom. The van der Waals surface area contributed by atoms with E-state index in [0.717, 1.165) is 17.4 Å². The first-order chi connectivity index (χ1) is 8.06. The van der Waals surface area contributed by atoms with Gasteiger partial charge in [0.1, 0.15) is 0 Å². The van der Waals surface area contributed by atoms with Crippen molar-refractivity contribution in [2.75, 3.05) is 0 Å². The van der Waals surface area contributed by atoms with Crippen LogP contribution in [0.1, 0.15) is 50.3 Å². The number of hydrogen-bond acceptors (Lipinski definition) is 1. The summed E-state index contributed by atoms with van der Waals surface area (Å²) in [6, 6.07) is 8.31. The smallest absolute Gasteiger partial charge is 0.0818 e. The van der Waals surface area contributed by atoms with Crippen LogP contribution in [0.15, 0.2) is 24.3 Å². The highest BCUT2D eigenvalue weighted by Crippen LogP contribution is 2.39. The highest BCUT2D eigenvalue weighted by atomic mass is 16.3.